The lowest BCUT2D eigenvalue weighted by molar-refractivity contribution is 0.254. The minimum absolute atomic E-state index is 0.00717. The van der Waals surface area contributed by atoms with E-state index in [0.29, 0.717) is 6.42 Å². The largest absolute Gasteiger partial charge is 0.395 e. The Bertz CT molecular complexity index is 496. The number of aliphatic hydroxyl groups excluding tert-OH is 1. The first-order chi connectivity index (χ1) is 8.70. The monoisotopic (exact) mass is 285 g/mol. The first-order valence-electron chi connectivity index (χ1n) is 6.44. The van der Waals surface area contributed by atoms with E-state index < -0.39 is 16.1 Å². The molecule has 0 amide bonds. The number of hydrogen-bond acceptors (Lipinski definition) is 3. The normalized spacial score (nSPS) is 14.4. The molecular weight excluding hydrogens is 262 g/mol. The lowest BCUT2D eigenvalue weighted by Crippen LogP contribution is -2.36. The lowest BCUT2D eigenvalue weighted by atomic mass is 9.87. The predicted octanol–water partition coefficient (Wildman–Crippen LogP) is 2.03. The summed E-state index contributed by atoms with van der Waals surface area (Å²) in [5.74, 6) is 0. The van der Waals surface area contributed by atoms with E-state index in [2.05, 4.69) is 25.5 Å². The van der Waals surface area contributed by atoms with Crippen LogP contribution in [0.3, 0.4) is 0 Å². The van der Waals surface area contributed by atoms with E-state index in [1.54, 1.807) is 12.1 Å². The van der Waals surface area contributed by atoms with Crippen LogP contribution in [-0.2, 0) is 15.4 Å². The summed E-state index contributed by atoms with van der Waals surface area (Å²) in [7, 11) is -3.56. The molecule has 0 radical (unpaired) electrons. The van der Waals surface area contributed by atoms with Crippen molar-refractivity contribution in [1.82, 2.24) is 4.72 Å². The summed E-state index contributed by atoms with van der Waals surface area (Å²) in [5.41, 5.74) is 1.08. The van der Waals surface area contributed by atoms with Gasteiger partial charge >= 0.3 is 0 Å². The van der Waals surface area contributed by atoms with Gasteiger partial charge in [0.15, 0.2) is 0 Å². The zero-order valence-corrected chi connectivity index (χ0v) is 12.8. The number of benzene rings is 1. The Labute approximate surface area is 115 Å². The average molecular weight is 285 g/mol. The summed E-state index contributed by atoms with van der Waals surface area (Å²) in [4.78, 5) is 0.229. The quantitative estimate of drug-likeness (QED) is 0.870. The summed E-state index contributed by atoms with van der Waals surface area (Å²) in [5, 5.41) is 9.06. The third-order valence-corrected chi connectivity index (χ3v) is 4.60. The standard InChI is InChI=1S/C14H23NO3S/c1-5-12(10-16)15-19(17,18)13-8-6-11(7-9-13)14(2,3)4/h6-9,12,15-16H,5,10H2,1-4H3. The van der Waals surface area contributed by atoms with Crippen LogP contribution in [0, 0.1) is 0 Å². The molecule has 0 aliphatic rings. The number of aliphatic hydroxyl groups is 1. The fourth-order valence-electron chi connectivity index (χ4n) is 1.67. The van der Waals surface area contributed by atoms with Gasteiger partial charge in [0.1, 0.15) is 0 Å². The van der Waals surface area contributed by atoms with Gasteiger partial charge in [0.2, 0.25) is 10.0 Å². The van der Waals surface area contributed by atoms with E-state index in [9.17, 15) is 8.42 Å². The van der Waals surface area contributed by atoms with Gasteiger partial charge in [-0.15, -0.1) is 0 Å². The summed E-state index contributed by atoms with van der Waals surface area (Å²) in [6, 6.07) is 6.43. The minimum atomic E-state index is -3.56. The van der Waals surface area contributed by atoms with Crippen molar-refractivity contribution in [2.75, 3.05) is 6.61 Å². The smallest absolute Gasteiger partial charge is 0.240 e. The summed E-state index contributed by atoms with van der Waals surface area (Å²) < 4.78 is 26.7. The first-order valence-corrected chi connectivity index (χ1v) is 7.92. The van der Waals surface area contributed by atoms with Crippen molar-refractivity contribution in [1.29, 1.82) is 0 Å². The average Bonchev–Trinajstić information content (AvgIpc) is 2.35. The van der Waals surface area contributed by atoms with Crippen molar-refractivity contribution in [2.24, 2.45) is 0 Å². The molecule has 1 aromatic carbocycles. The van der Waals surface area contributed by atoms with E-state index in [1.807, 2.05) is 19.1 Å². The SMILES string of the molecule is CCC(CO)NS(=O)(=O)c1ccc(C(C)(C)C)cc1. The minimum Gasteiger partial charge on any atom is -0.395 e. The van der Waals surface area contributed by atoms with E-state index in [1.165, 1.54) is 0 Å². The van der Waals surface area contributed by atoms with Crippen LogP contribution in [0.5, 0.6) is 0 Å². The second-order valence-corrected chi connectivity index (χ2v) is 7.40. The van der Waals surface area contributed by atoms with Crippen molar-refractivity contribution < 1.29 is 13.5 Å². The van der Waals surface area contributed by atoms with Gasteiger partial charge in [-0.05, 0) is 29.5 Å². The van der Waals surface area contributed by atoms with Gasteiger partial charge in [-0.2, -0.15) is 0 Å². The van der Waals surface area contributed by atoms with Gasteiger partial charge in [0.05, 0.1) is 11.5 Å². The number of rotatable bonds is 5. The zero-order valence-electron chi connectivity index (χ0n) is 12.0. The van der Waals surface area contributed by atoms with Crippen LogP contribution in [0.25, 0.3) is 0 Å². The second kappa shape index (κ2) is 6.03. The molecule has 1 aromatic rings. The number of nitrogens with one attached hydrogen (secondary N) is 1. The molecule has 0 aliphatic carbocycles. The topological polar surface area (TPSA) is 66.4 Å². The van der Waals surface area contributed by atoms with Gasteiger partial charge in [-0.1, -0.05) is 39.8 Å². The molecule has 0 aliphatic heterocycles. The molecule has 0 saturated carbocycles. The van der Waals surface area contributed by atoms with E-state index in [0.717, 1.165) is 5.56 Å². The molecule has 19 heavy (non-hydrogen) atoms. The van der Waals surface area contributed by atoms with Crippen LogP contribution in [0.15, 0.2) is 29.2 Å². The molecule has 5 heteroatoms. The highest BCUT2D eigenvalue weighted by Crippen LogP contribution is 2.23. The Balaban J connectivity index is 2.97. The van der Waals surface area contributed by atoms with Crippen LogP contribution in [-0.4, -0.2) is 26.2 Å². The van der Waals surface area contributed by atoms with Crippen LogP contribution in [0.4, 0.5) is 0 Å². The van der Waals surface area contributed by atoms with Gasteiger partial charge in [-0.25, -0.2) is 13.1 Å². The fourth-order valence-corrected chi connectivity index (χ4v) is 2.98. The Morgan fingerprint density at radius 3 is 2.11 bits per heavy atom. The van der Waals surface area contributed by atoms with Crippen LogP contribution >= 0.6 is 0 Å². The predicted molar refractivity (Wildman–Crippen MR) is 76.6 cm³/mol. The molecule has 0 bridgehead atoms. The maximum Gasteiger partial charge on any atom is 0.240 e. The molecule has 0 spiro atoms. The molecule has 108 valence electrons. The summed E-state index contributed by atoms with van der Waals surface area (Å²) in [6.45, 7) is 7.86. The van der Waals surface area contributed by atoms with Gasteiger partial charge in [0, 0.05) is 6.04 Å². The van der Waals surface area contributed by atoms with E-state index in [-0.39, 0.29) is 16.9 Å². The van der Waals surface area contributed by atoms with Crippen LogP contribution in [0.1, 0.15) is 39.7 Å². The molecule has 0 aromatic heterocycles. The Kier molecular flexibility index (Phi) is 5.12. The maximum absolute atomic E-state index is 12.1. The van der Waals surface area contributed by atoms with Gasteiger partial charge < -0.3 is 5.11 Å². The van der Waals surface area contributed by atoms with Gasteiger partial charge in [0.25, 0.3) is 0 Å². The van der Waals surface area contributed by atoms with Crippen molar-refractivity contribution in [3.8, 4) is 0 Å². The third kappa shape index (κ3) is 4.30. The van der Waals surface area contributed by atoms with Crippen molar-refractivity contribution >= 4 is 10.0 Å². The maximum atomic E-state index is 12.1. The highest BCUT2D eigenvalue weighted by Gasteiger charge is 2.20. The van der Waals surface area contributed by atoms with E-state index in [4.69, 9.17) is 5.11 Å². The highest BCUT2D eigenvalue weighted by atomic mass is 32.2. The van der Waals surface area contributed by atoms with Gasteiger partial charge in [-0.3, -0.25) is 0 Å². The van der Waals surface area contributed by atoms with Crippen LogP contribution in [0.2, 0.25) is 0 Å². The molecule has 2 N–H and O–H groups in total. The zero-order chi connectivity index (χ0) is 14.7. The van der Waals surface area contributed by atoms with Crippen molar-refractivity contribution in [3.63, 3.8) is 0 Å². The Morgan fingerprint density at radius 1 is 1.21 bits per heavy atom. The number of sulfonamides is 1. The highest BCUT2D eigenvalue weighted by molar-refractivity contribution is 7.89. The first kappa shape index (κ1) is 16.1. The summed E-state index contributed by atoms with van der Waals surface area (Å²) >= 11 is 0. The van der Waals surface area contributed by atoms with E-state index >= 15 is 0 Å². The Hall–Kier alpha value is -0.910. The molecule has 0 heterocycles. The molecular formula is C14H23NO3S. The van der Waals surface area contributed by atoms with Crippen LogP contribution < -0.4 is 4.72 Å². The second-order valence-electron chi connectivity index (χ2n) is 5.68. The Morgan fingerprint density at radius 2 is 1.74 bits per heavy atom. The molecule has 0 saturated heterocycles. The molecule has 4 nitrogen and oxygen atoms in total. The van der Waals surface area contributed by atoms with Crippen molar-refractivity contribution in [2.45, 2.75) is 50.5 Å². The molecule has 1 unspecified atom stereocenters. The molecule has 1 rings (SSSR count). The molecule has 0 fully saturated rings. The molecule has 1 atom stereocenters. The number of hydrogen-bond donors (Lipinski definition) is 2. The summed E-state index contributed by atoms with van der Waals surface area (Å²) in [6.07, 6.45) is 0.551. The third-order valence-electron chi connectivity index (χ3n) is 3.07. The van der Waals surface area contributed by atoms with Crippen molar-refractivity contribution in [3.05, 3.63) is 29.8 Å². The fraction of sp³-hybridized carbons (Fsp3) is 0.571. The lowest BCUT2D eigenvalue weighted by Gasteiger charge is -2.19.